The van der Waals surface area contributed by atoms with E-state index in [9.17, 15) is 4.79 Å². The maximum atomic E-state index is 11.1. The van der Waals surface area contributed by atoms with E-state index in [4.69, 9.17) is 4.42 Å². The molecule has 6 nitrogen and oxygen atoms in total. The molecule has 0 atom stereocenters. The predicted molar refractivity (Wildman–Crippen MR) is 71.8 cm³/mol. The summed E-state index contributed by atoms with van der Waals surface area (Å²) in [6.07, 6.45) is 1.83. The highest BCUT2D eigenvalue weighted by molar-refractivity contribution is 5.79. The molecule has 0 fully saturated rings. The van der Waals surface area contributed by atoms with Crippen LogP contribution in [0.15, 0.2) is 33.6 Å². The Labute approximate surface area is 109 Å². The molecule has 19 heavy (non-hydrogen) atoms. The Morgan fingerprint density at radius 3 is 3.11 bits per heavy atom. The number of imidazole rings is 1. The Morgan fingerprint density at radius 1 is 1.47 bits per heavy atom. The molecule has 0 saturated heterocycles. The molecule has 2 N–H and O–H groups in total. The van der Waals surface area contributed by atoms with Gasteiger partial charge in [0.2, 0.25) is 0 Å². The summed E-state index contributed by atoms with van der Waals surface area (Å²) in [5.74, 6) is 0.520. The summed E-state index contributed by atoms with van der Waals surface area (Å²) in [5.41, 5.74) is 3.24. The van der Waals surface area contributed by atoms with E-state index in [1.54, 1.807) is 6.07 Å². The van der Waals surface area contributed by atoms with Crippen LogP contribution in [0.1, 0.15) is 5.82 Å². The molecule has 98 valence electrons. The summed E-state index contributed by atoms with van der Waals surface area (Å²) in [6.45, 7) is 0.710. The normalized spacial score (nSPS) is 11.3. The highest BCUT2D eigenvalue weighted by Crippen LogP contribution is 2.23. The molecule has 0 unspecified atom stereocenters. The quantitative estimate of drug-likeness (QED) is 0.741. The Bertz CT molecular complexity index is 781. The summed E-state index contributed by atoms with van der Waals surface area (Å²) < 4.78 is 7.01. The van der Waals surface area contributed by atoms with Crippen molar-refractivity contribution in [3.05, 3.63) is 40.8 Å². The molecular formula is C13H14N4O2. The van der Waals surface area contributed by atoms with Crippen LogP contribution in [0.25, 0.3) is 22.4 Å². The fourth-order valence-electron chi connectivity index (χ4n) is 2.15. The highest BCUT2D eigenvalue weighted by atomic mass is 16.4. The van der Waals surface area contributed by atoms with Crippen LogP contribution >= 0.6 is 0 Å². The van der Waals surface area contributed by atoms with Crippen molar-refractivity contribution >= 4 is 11.1 Å². The van der Waals surface area contributed by atoms with Crippen molar-refractivity contribution in [1.29, 1.82) is 0 Å². The van der Waals surface area contributed by atoms with Gasteiger partial charge >= 0.3 is 5.76 Å². The largest absolute Gasteiger partial charge is 0.417 e. The number of hydrogen-bond donors (Lipinski definition) is 2. The molecule has 2 aromatic heterocycles. The SMILES string of the molecule is CNCc1ncc(-c2ccc3oc(=O)[nH]c3c2)n1C. The third kappa shape index (κ3) is 1.96. The standard InChI is InChI=1S/C13H14N4O2/c1-14-7-12-15-6-10(17(12)2)8-3-4-11-9(5-8)16-13(18)19-11/h3-6,14H,7H2,1-2H3,(H,16,18). The molecular weight excluding hydrogens is 244 g/mol. The van der Waals surface area contributed by atoms with Crippen LogP contribution in [0.4, 0.5) is 0 Å². The molecule has 3 aromatic rings. The van der Waals surface area contributed by atoms with Crippen LogP contribution in [0, 0.1) is 0 Å². The van der Waals surface area contributed by atoms with Crippen molar-refractivity contribution in [2.45, 2.75) is 6.54 Å². The zero-order valence-corrected chi connectivity index (χ0v) is 10.7. The van der Waals surface area contributed by atoms with Crippen LogP contribution in [0.2, 0.25) is 0 Å². The van der Waals surface area contributed by atoms with Crippen molar-refractivity contribution in [2.24, 2.45) is 7.05 Å². The van der Waals surface area contributed by atoms with Crippen LogP contribution in [0.3, 0.4) is 0 Å². The van der Waals surface area contributed by atoms with Gasteiger partial charge in [-0.15, -0.1) is 0 Å². The van der Waals surface area contributed by atoms with E-state index >= 15 is 0 Å². The minimum atomic E-state index is -0.437. The second kappa shape index (κ2) is 4.40. The Hall–Kier alpha value is -2.34. The first-order valence-electron chi connectivity index (χ1n) is 5.97. The minimum Gasteiger partial charge on any atom is -0.408 e. The average Bonchev–Trinajstić information content (AvgIpc) is 2.92. The molecule has 0 saturated carbocycles. The number of fused-ring (bicyclic) bond motifs is 1. The van der Waals surface area contributed by atoms with E-state index in [1.807, 2.05) is 37.0 Å². The number of benzene rings is 1. The lowest BCUT2D eigenvalue weighted by molar-refractivity contribution is 0.555. The number of hydrogen-bond acceptors (Lipinski definition) is 4. The van der Waals surface area contributed by atoms with Crippen LogP contribution in [-0.4, -0.2) is 21.6 Å². The number of nitrogens with one attached hydrogen (secondary N) is 2. The van der Waals surface area contributed by atoms with E-state index < -0.39 is 5.76 Å². The number of oxazole rings is 1. The van der Waals surface area contributed by atoms with Crippen molar-refractivity contribution in [3.8, 4) is 11.3 Å². The predicted octanol–water partition coefficient (Wildman–Crippen LogP) is 1.24. The number of rotatable bonds is 3. The zero-order valence-electron chi connectivity index (χ0n) is 10.7. The topological polar surface area (TPSA) is 75.8 Å². The molecule has 2 heterocycles. The van der Waals surface area contributed by atoms with Gasteiger partial charge in [0.05, 0.1) is 24.0 Å². The third-order valence-electron chi connectivity index (χ3n) is 3.13. The van der Waals surface area contributed by atoms with Gasteiger partial charge in [0, 0.05) is 12.6 Å². The maximum Gasteiger partial charge on any atom is 0.417 e. The van der Waals surface area contributed by atoms with Crippen molar-refractivity contribution in [2.75, 3.05) is 7.05 Å². The third-order valence-corrected chi connectivity index (χ3v) is 3.13. The lowest BCUT2D eigenvalue weighted by Crippen LogP contribution is -2.10. The molecule has 3 rings (SSSR count). The zero-order chi connectivity index (χ0) is 13.4. The number of aromatic nitrogens is 3. The molecule has 0 aliphatic heterocycles. The smallest absolute Gasteiger partial charge is 0.408 e. The molecule has 0 bridgehead atoms. The molecule has 0 aliphatic carbocycles. The average molecular weight is 258 g/mol. The van der Waals surface area contributed by atoms with Gasteiger partial charge in [0.15, 0.2) is 5.58 Å². The summed E-state index contributed by atoms with van der Waals surface area (Å²) in [7, 11) is 3.86. The van der Waals surface area contributed by atoms with Crippen molar-refractivity contribution < 1.29 is 4.42 Å². The van der Waals surface area contributed by atoms with Crippen LogP contribution < -0.4 is 11.1 Å². The summed E-state index contributed by atoms with van der Waals surface area (Å²) in [5, 5.41) is 3.08. The number of aromatic amines is 1. The summed E-state index contributed by atoms with van der Waals surface area (Å²) >= 11 is 0. The highest BCUT2D eigenvalue weighted by Gasteiger charge is 2.09. The van der Waals surface area contributed by atoms with Gasteiger partial charge in [-0.05, 0) is 25.2 Å². The van der Waals surface area contributed by atoms with Crippen LogP contribution in [-0.2, 0) is 13.6 Å². The lowest BCUT2D eigenvalue weighted by atomic mass is 10.1. The van der Waals surface area contributed by atoms with E-state index in [2.05, 4.69) is 15.3 Å². The fraction of sp³-hybridized carbons (Fsp3) is 0.231. The first-order valence-corrected chi connectivity index (χ1v) is 5.97. The van der Waals surface area contributed by atoms with E-state index in [0.29, 0.717) is 17.6 Å². The van der Waals surface area contributed by atoms with Gasteiger partial charge in [0.1, 0.15) is 5.82 Å². The molecule has 0 spiro atoms. The van der Waals surface area contributed by atoms with Gasteiger partial charge in [-0.3, -0.25) is 4.98 Å². The van der Waals surface area contributed by atoms with Gasteiger partial charge < -0.3 is 14.3 Å². The van der Waals surface area contributed by atoms with E-state index in [-0.39, 0.29) is 0 Å². The molecule has 1 aromatic carbocycles. The van der Waals surface area contributed by atoms with Gasteiger partial charge in [0.25, 0.3) is 0 Å². The Kier molecular flexibility index (Phi) is 2.72. The van der Waals surface area contributed by atoms with Gasteiger partial charge in [-0.2, -0.15) is 0 Å². The minimum absolute atomic E-state index is 0.437. The molecule has 0 aliphatic rings. The van der Waals surface area contributed by atoms with Crippen LogP contribution in [0.5, 0.6) is 0 Å². The van der Waals surface area contributed by atoms with Gasteiger partial charge in [-0.25, -0.2) is 9.78 Å². The summed E-state index contributed by atoms with van der Waals surface area (Å²) in [4.78, 5) is 18.2. The second-order valence-electron chi connectivity index (χ2n) is 4.37. The fourth-order valence-corrected chi connectivity index (χ4v) is 2.15. The molecule has 6 heteroatoms. The second-order valence-corrected chi connectivity index (χ2v) is 4.37. The monoisotopic (exact) mass is 258 g/mol. The summed E-state index contributed by atoms with van der Waals surface area (Å²) in [6, 6.07) is 5.59. The lowest BCUT2D eigenvalue weighted by Gasteiger charge is -2.05. The molecule has 0 amide bonds. The Morgan fingerprint density at radius 2 is 2.32 bits per heavy atom. The van der Waals surface area contributed by atoms with Crippen molar-refractivity contribution in [1.82, 2.24) is 19.9 Å². The molecule has 0 radical (unpaired) electrons. The van der Waals surface area contributed by atoms with E-state index in [0.717, 1.165) is 17.1 Å². The number of H-pyrrole nitrogens is 1. The Balaban J connectivity index is 2.10. The maximum absolute atomic E-state index is 11.1. The van der Waals surface area contributed by atoms with E-state index in [1.165, 1.54) is 0 Å². The number of nitrogens with zero attached hydrogens (tertiary/aromatic N) is 2. The first kappa shape index (κ1) is 11.7. The van der Waals surface area contributed by atoms with Crippen molar-refractivity contribution in [3.63, 3.8) is 0 Å². The first-order chi connectivity index (χ1) is 9.19. The van der Waals surface area contributed by atoms with Gasteiger partial charge in [-0.1, -0.05) is 0 Å².